The minimum atomic E-state index is -0.0255. The van der Waals surface area contributed by atoms with Crippen molar-refractivity contribution >= 4 is 20.7 Å². The normalized spacial score (nSPS) is 12.5. The average Bonchev–Trinajstić information content (AvgIpc) is 2.81. The standard InChI is InChI=1S/C18H24O2S2/c1-17(2,3)12-8-11(14-10-15(19)22-21-14)9-13(16(12)20-7)18(4,5)6/h8-10H,1-7H3. The zero-order valence-electron chi connectivity index (χ0n) is 14.4. The molecule has 0 spiro atoms. The molecule has 4 heteroatoms. The molecule has 0 unspecified atom stereocenters. The van der Waals surface area contributed by atoms with Crippen LogP contribution in [0.3, 0.4) is 0 Å². The largest absolute Gasteiger partial charge is 0.496 e. The Hall–Kier alpha value is -1.13. The maximum Gasteiger partial charge on any atom is 0.243 e. The molecule has 22 heavy (non-hydrogen) atoms. The second kappa shape index (κ2) is 5.82. The molecule has 2 nitrogen and oxygen atoms in total. The predicted octanol–water partition coefficient (Wildman–Crippen LogP) is 5.44. The van der Waals surface area contributed by atoms with E-state index in [1.54, 1.807) is 23.5 Å². The highest BCUT2D eigenvalue weighted by Crippen LogP contribution is 2.43. The summed E-state index contributed by atoms with van der Waals surface area (Å²) in [5.74, 6) is 0.964. The molecule has 0 fully saturated rings. The van der Waals surface area contributed by atoms with Gasteiger partial charge in [-0.2, -0.15) is 0 Å². The number of hydrogen-bond donors (Lipinski definition) is 0. The molecule has 0 saturated heterocycles. The third-order valence-corrected chi connectivity index (χ3v) is 5.84. The zero-order valence-corrected chi connectivity index (χ0v) is 16.0. The highest BCUT2D eigenvalue weighted by atomic mass is 32.9. The van der Waals surface area contributed by atoms with Crippen LogP contribution in [0.1, 0.15) is 52.7 Å². The van der Waals surface area contributed by atoms with E-state index in [-0.39, 0.29) is 15.6 Å². The number of rotatable bonds is 2. The van der Waals surface area contributed by atoms with Gasteiger partial charge in [-0.25, -0.2) is 0 Å². The van der Waals surface area contributed by atoms with Gasteiger partial charge in [-0.15, -0.1) is 0 Å². The summed E-state index contributed by atoms with van der Waals surface area (Å²) in [7, 11) is 4.57. The van der Waals surface area contributed by atoms with E-state index < -0.39 is 0 Å². The van der Waals surface area contributed by atoms with Crippen molar-refractivity contribution in [1.82, 2.24) is 0 Å². The van der Waals surface area contributed by atoms with Gasteiger partial charge < -0.3 is 4.74 Å². The summed E-state index contributed by atoms with van der Waals surface area (Å²) < 4.78 is 5.89. The Labute approximate surface area is 140 Å². The lowest BCUT2D eigenvalue weighted by molar-refractivity contribution is 0.382. The maximum absolute atomic E-state index is 11.6. The van der Waals surface area contributed by atoms with Gasteiger partial charge in [-0.05, 0) is 38.9 Å². The summed E-state index contributed by atoms with van der Waals surface area (Å²) >= 11 is 0. The molecule has 0 aliphatic rings. The highest BCUT2D eigenvalue weighted by molar-refractivity contribution is 7.69. The number of methoxy groups -OCH3 is 1. The number of ether oxygens (including phenoxy) is 1. The first-order chi connectivity index (χ1) is 10.0. The fraction of sp³-hybridized carbons (Fsp3) is 0.500. The summed E-state index contributed by atoms with van der Waals surface area (Å²) in [6.45, 7) is 13.1. The highest BCUT2D eigenvalue weighted by Gasteiger charge is 2.27. The molecule has 1 heterocycles. The lowest BCUT2D eigenvalue weighted by Crippen LogP contribution is -2.19. The van der Waals surface area contributed by atoms with Crippen molar-refractivity contribution in [3.63, 3.8) is 0 Å². The molecule has 2 aromatic rings. The molecule has 0 saturated carbocycles. The van der Waals surface area contributed by atoms with Crippen molar-refractivity contribution in [3.05, 3.63) is 38.9 Å². The molecule has 0 N–H and O–H groups in total. The van der Waals surface area contributed by atoms with Gasteiger partial charge in [-0.3, -0.25) is 4.79 Å². The Morgan fingerprint density at radius 2 is 1.36 bits per heavy atom. The molecule has 0 atom stereocenters. The minimum Gasteiger partial charge on any atom is -0.496 e. The van der Waals surface area contributed by atoms with Gasteiger partial charge >= 0.3 is 0 Å². The number of benzene rings is 1. The van der Waals surface area contributed by atoms with Gasteiger partial charge in [0, 0.05) is 22.1 Å². The van der Waals surface area contributed by atoms with Gasteiger partial charge in [0.2, 0.25) is 4.74 Å². The first-order valence-electron chi connectivity index (χ1n) is 7.37. The summed E-state index contributed by atoms with van der Waals surface area (Å²) in [5, 5.41) is 0. The lowest BCUT2D eigenvalue weighted by atomic mass is 9.78. The van der Waals surface area contributed by atoms with Crippen LogP contribution in [-0.2, 0) is 10.8 Å². The van der Waals surface area contributed by atoms with E-state index in [0.717, 1.165) is 16.2 Å². The van der Waals surface area contributed by atoms with Crippen LogP contribution < -0.4 is 9.48 Å². The van der Waals surface area contributed by atoms with Crippen LogP contribution in [-0.4, -0.2) is 7.11 Å². The van der Waals surface area contributed by atoms with E-state index in [1.165, 1.54) is 21.5 Å². The van der Waals surface area contributed by atoms with Crippen LogP contribution >= 0.6 is 20.7 Å². The molecule has 0 aliphatic carbocycles. The summed E-state index contributed by atoms with van der Waals surface area (Å²) in [4.78, 5) is 12.6. The molecule has 0 amide bonds. The van der Waals surface area contributed by atoms with Crippen molar-refractivity contribution in [1.29, 1.82) is 0 Å². The van der Waals surface area contributed by atoms with E-state index in [0.29, 0.717) is 0 Å². The summed E-state index contributed by atoms with van der Waals surface area (Å²) in [5.41, 5.74) is 3.43. The first-order valence-corrected chi connectivity index (χ1v) is 9.52. The van der Waals surface area contributed by atoms with Crippen LogP contribution in [0.2, 0.25) is 0 Å². The number of hydrogen-bond acceptors (Lipinski definition) is 4. The molecular weight excluding hydrogens is 312 g/mol. The third kappa shape index (κ3) is 3.44. The molecule has 0 bridgehead atoms. The average molecular weight is 337 g/mol. The van der Waals surface area contributed by atoms with Crippen molar-refractivity contribution < 1.29 is 4.74 Å². The van der Waals surface area contributed by atoms with E-state index in [9.17, 15) is 4.79 Å². The van der Waals surface area contributed by atoms with Crippen LogP contribution in [0.5, 0.6) is 5.75 Å². The fourth-order valence-electron chi connectivity index (χ4n) is 2.48. The second-order valence-corrected chi connectivity index (χ2v) is 9.77. The van der Waals surface area contributed by atoms with Gasteiger partial charge in [0.15, 0.2) is 0 Å². The van der Waals surface area contributed by atoms with Crippen LogP contribution in [0.15, 0.2) is 23.0 Å². The molecule has 1 aromatic heterocycles. The van der Waals surface area contributed by atoms with Gasteiger partial charge in [0.05, 0.1) is 7.11 Å². The Bertz CT molecular complexity index is 690. The van der Waals surface area contributed by atoms with E-state index in [4.69, 9.17) is 4.74 Å². The first kappa shape index (κ1) is 17.2. The van der Waals surface area contributed by atoms with Gasteiger partial charge in [0.25, 0.3) is 0 Å². The van der Waals surface area contributed by atoms with Crippen LogP contribution in [0, 0.1) is 0 Å². The van der Waals surface area contributed by atoms with E-state index >= 15 is 0 Å². The topological polar surface area (TPSA) is 26.3 Å². The molecule has 120 valence electrons. The SMILES string of the molecule is COc1c(C(C)(C)C)cc(-c2cc(=O)ss2)cc1C(C)(C)C. The predicted molar refractivity (Wildman–Crippen MR) is 97.9 cm³/mol. The summed E-state index contributed by atoms with van der Waals surface area (Å²) in [6, 6.07) is 6.08. The van der Waals surface area contributed by atoms with Gasteiger partial charge in [0.1, 0.15) is 5.75 Å². The van der Waals surface area contributed by atoms with Crippen molar-refractivity contribution in [2.75, 3.05) is 7.11 Å². The lowest BCUT2D eigenvalue weighted by Gasteiger charge is -2.29. The van der Waals surface area contributed by atoms with E-state index in [1.807, 2.05) is 0 Å². The second-order valence-electron chi connectivity index (χ2n) is 7.60. The third-order valence-electron chi connectivity index (χ3n) is 3.66. The fourth-order valence-corrected chi connectivity index (χ4v) is 4.35. The molecule has 0 aliphatic heterocycles. The Balaban J connectivity index is 2.80. The van der Waals surface area contributed by atoms with E-state index in [2.05, 4.69) is 53.7 Å². The molecular formula is C18H24O2S2. The molecule has 0 radical (unpaired) electrons. The van der Waals surface area contributed by atoms with Gasteiger partial charge in [-0.1, -0.05) is 51.9 Å². The van der Waals surface area contributed by atoms with Crippen LogP contribution in [0.4, 0.5) is 0 Å². The molecule has 2 rings (SSSR count). The Morgan fingerprint density at radius 1 is 0.864 bits per heavy atom. The smallest absolute Gasteiger partial charge is 0.243 e. The Morgan fingerprint density at radius 3 is 1.68 bits per heavy atom. The zero-order chi connectivity index (χ0) is 16.7. The van der Waals surface area contributed by atoms with Crippen LogP contribution in [0.25, 0.3) is 10.4 Å². The minimum absolute atomic E-state index is 0.0255. The Kier molecular flexibility index (Phi) is 4.56. The summed E-state index contributed by atoms with van der Waals surface area (Å²) in [6.07, 6.45) is 0. The van der Waals surface area contributed by atoms with Crippen molar-refractivity contribution in [2.45, 2.75) is 52.4 Å². The quantitative estimate of drug-likeness (QED) is 0.683. The monoisotopic (exact) mass is 336 g/mol. The molecule has 1 aromatic carbocycles. The van der Waals surface area contributed by atoms with Crippen molar-refractivity contribution in [3.8, 4) is 16.2 Å². The maximum atomic E-state index is 11.6. The van der Waals surface area contributed by atoms with Crippen molar-refractivity contribution in [2.24, 2.45) is 0 Å².